The Hall–Kier alpha value is -1.50. The maximum absolute atomic E-state index is 11.9. The molecule has 0 saturated heterocycles. The van der Waals surface area contributed by atoms with Gasteiger partial charge < -0.3 is 14.6 Å². The third-order valence-corrected chi connectivity index (χ3v) is 2.04. The molecule has 0 unspecified atom stereocenters. The van der Waals surface area contributed by atoms with Crippen LogP contribution in [-0.4, -0.2) is 35.5 Å². The minimum atomic E-state index is -4.28. The second-order valence-electron chi connectivity index (χ2n) is 3.74. The SMILES string of the molecule is C=CCNc1nc(C)cn1CCOCC(F)(F)F. The molecule has 102 valence electrons. The molecule has 7 heteroatoms. The molecule has 0 amide bonds. The van der Waals surface area contributed by atoms with Crippen molar-refractivity contribution in [1.82, 2.24) is 9.55 Å². The maximum Gasteiger partial charge on any atom is 0.411 e. The molecule has 1 rings (SSSR count). The summed E-state index contributed by atoms with van der Waals surface area (Å²) in [6.45, 7) is 4.99. The van der Waals surface area contributed by atoms with E-state index in [0.29, 0.717) is 19.0 Å². The Bertz CT molecular complexity index is 387. The van der Waals surface area contributed by atoms with E-state index >= 15 is 0 Å². The number of alkyl halides is 3. The number of anilines is 1. The van der Waals surface area contributed by atoms with Crippen LogP contribution in [0.5, 0.6) is 0 Å². The molecule has 1 N–H and O–H groups in total. The van der Waals surface area contributed by atoms with Gasteiger partial charge in [0, 0.05) is 19.3 Å². The number of nitrogens with zero attached hydrogens (tertiary/aromatic N) is 2. The zero-order chi connectivity index (χ0) is 13.6. The van der Waals surface area contributed by atoms with E-state index in [0.717, 1.165) is 5.69 Å². The summed E-state index contributed by atoms with van der Waals surface area (Å²) in [4.78, 5) is 4.20. The molecular formula is C11H16F3N3O. The summed E-state index contributed by atoms with van der Waals surface area (Å²) in [6.07, 6.45) is -0.856. The smallest absolute Gasteiger partial charge is 0.370 e. The van der Waals surface area contributed by atoms with Gasteiger partial charge in [0.1, 0.15) is 6.61 Å². The lowest BCUT2D eigenvalue weighted by molar-refractivity contribution is -0.174. The van der Waals surface area contributed by atoms with Crippen molar-refractivity contribution in [1.29, 1.82) is 0 Å². The summed E-state index contributed by atoms with van der Waals surface area (Å²) in [5, 5.41) is 3.00. The molecular weight excluding hydrogens is 247 g/mol. The van der Waals surface area contributed by atoms with Gasteiger partial charge in [-0.15, -0.1) is 6.58 Å². The fraction of sp³-hybridized carbons (Fsp3) is 0.545. The molecule has 0 bridgehead atoms. The molecule has 4 nitrogen and oxygen atoms in total. The van der Waals surface area contributed by atoms with E-state index in [2.05, 4.69) is 21.6 Å². The van der Waals surface area contributed by atoms with E-state index in [9.17, 15) is 13.2 Å². The summed E-state index contributed by atoms with van der Waals surface area (Å²) in [5.74, 6) is 0.600. The van der Waals surface area contributed by atoms with E-state index < -0.39 is 12.8 Å². The Kier molecular flexibility index (Phi) is 5.21. The number of ether oxygens (including phenoxy) is 1. The highest BCUT2D eigenvalue weighted by molar-refractivity contribution is 5.29. The summed E-state index contributed by atoms with van der Waals surface area (Å²) in [7, 11) is 0. The van der Waals surface area contributed by atoms with Crippen molar-refractivity contribution in [2.45, 2.75) is 19.6 Å². The zero-order valence-electron chi connectivity index (χ0n) is 10.1. The largest absolute Gasteiger partial charge is 0.411 e. The fourth-order valence-electron chi connectivity index (χ4n) is 1.37. The van der Waals surface area contributed by atoms with Crippen molar-refractivity contribution in [3.8, 4) is 0 Å². The summed E-state index contributed by atoms with van der Waals surface area (Å²) < 4.78 is 41.9. The molecule has 0 fully saturated rings. The van der Waals surface area contributed by atoms with Gasteiger partial charge in [0.15, 0.2) is 0 Å². The third-order valence-electron chi connectivity index (χ3n) is 2.04. The van der Waals surface area contributed by atoms with Crippen molar-refractivity contribution in [3.63, 3.8) is 0 Å². The standard InChI is InChI=1S/C11H16F3N3O/c1-3-4-15-10-16-9(2)7-17(10)5-6-18-8-11(12,13)14/h3,7H,1,4-6,8H2,2H3,(H,15,16). The minimum absolute atomic E-state index is 0.0158. The first-order chi connectivity index (χ1) is 8.42. The van der Waals surface area contributed by atoms with Gasteiger partial charge in [-0.2, -0.15) is 13.2 Å². The van der Waals surface area contributed by atoms with Gasteiger partial charge >= 0.3 is 6.18 Å². The predicted octanol–water partition coefficient (Wildman–Crippen LogP) is 2.37. The van der Waals surface area contributed by atoms with Crippen LogP contribution in [0.2, 0.25) is 0 Å². The molecule has 1 aromatic heterocycles. The quantitative estimate of drug-likeness (QED) is 0.606. The number of hydrogen-bond donors (Lipinski definition) is 1. The predicted molar refractivity (Wildman–Crippen MR) is 62.5 cm³/mol. The average Bonchev–Trinajstić information content (AvgIpc) is 2.61. The normalized spacial score (nSPS) is 11.6. The highest BCUT2D eigenvalue weighted by Gasteiger charge is 2.27. The van der Waals surface area contributed by atoms with Crippen molar-refractivity contribution in [3.05, 3.63) is 24.5 Å². The van der Waals surface area contributed by atoms with Crippen LogP contribution in [-0.2, 0) is 11.3 Å². The molecule has 0 radical (unpaired) electrons. The zero-order valence-corrected chi connectivity index (χ0v) is 10.1. The number of nitrogens with one attached hydrogen (secondary N) is 1. The van der Waals surface area contributed by atoms with Crippen molar-refractivity contribution >= 4 is 5.95 Å². The Labute approximate surface area is 103 Å². The van der Waals surface area contributed by atoms with Crippen LogP contribution in [0.4, 0.5) is 19.1 Å². The number of halogens is 3. The van der Waals surface area contributed by atoms with Crippen molar-refractivity contribution in [2.75, 3.05) is 25.1 Å². The van der Waals surface area contributed by atoms with Crippen molar-refractivity contribution in [2.24, 2.45) is 0 Å². The van der Waals surface area contributed by atoms with Gasteiger partial charge in [-0.3, -0.25) is 0 Å². The van der Waals surface area contributed by atoms with Gasteiger partial charge in [-0.25, -0.2) is 4.98 Å². The van der Waals surface area contributed by atoms with E-state index in [1.807, 2.05) is 6.92 Å². The van der Waals surface area contributed by atoms with Crippen LogP contribution in [0.3, 0.4) is 0 Å². The van der Waals surface area contributed by atoms with Gasteiger partial charge in [0.25, 0.3) is 0 Å². The topological polar surface area (TPSA) is 39.1 Å². The van der Waals surface area contributed by atoms with Crippen molar-refractivity contribution < 1.29 is 17.9 Å². The van der Waals surface area contributed by atoms with Crippen LogP contribution < -0.4 is 5.32 Å². The third kappa shape index (κ3) is 5.22. The van der Waals surface area contributed by atoms with E-state index in [-0.39, 0.29) is 6.61 Å². The van der Waals surface area contributed by atoms with Crippen LogP contribution in [0.1, 0.15) is 5.69 Å². The second kappa shape index (κ2) is 6.44. The first-order valence-corrected chi connectivity index (χ1v) is 5.45. The highest BCUT2D eigenvalue weighted by Crippen LogP contribution is 2.14. The lowest BCUT2D eigenvalue weighted by atomic mass is 10.5. The molecule has 0 aliphatic heterocycles. The average molecular weight is 263 g/mol. The first kappa shape index (κ1) is 14.6. The number of aryl methyl sites for hydroxylation is 1. The number of imidazole rings is 1. The second-order valence-corrected chi connectivity index (χ2v) is 3.74. The summed E-state index contributed by atoms with van der Waals surface area (Å²) in [5.41, 5.74) is 0.789. The fourth-order valence-corrected chi connectivity index (χ4v) is 1.37. The summed E-state index contributed by atoms with van der Waals surface area (Å²) >= 11 is 0. The van der Waals surface area contributed by atoms with Crippen LogP contribution in [0.25, 0.3) is 0 Å². The Morgan fingerprint density at radius 3 is 2.89 bits per heavy atom. The van der Waals surface area contributed by atoms with E-state index in [1.165, 1.54) is 0 Å². The molecule has 0 aliphatic carbocycles. The molecule has 18 heavy (non-hydrogen) atoms. The van der Waals surface area contributed by atoms with E-state index in [1.54, 1.807) is 16.8 Å². The van der Waals surface area contributed by atoms with Crippen LogP contribution in [0, 0.1) is 6.92 Å². The monoisotopic (exact) mass is 263 g/mol. The Balaban J connectivity index is 2.43. The number of aromatic nitrogens is 2. The molecule has 1 heterocycles. The van der Waals surface area contributed by atoms with E-state index in [4.69, 9.17) is 0 Å². The van der Waals surface area contributed by atoms with Crippen LogP contribution >= 0.6 is 0 Å². The maximum atomic E-state index is 11.9. The van der Waals surface area contributed by atoms with Crippen LogP contribution in [0.15, 0.2) is 18.9 Å². The van der Waals surface area contributed by atoms with Gasteiger partial charge in [-0.05, 0) is 6.92 Å². The lowest BCUT2D eigenvalue weighted by Crippen LogP contribution is -2.19. The molecule has 0 spiro atoms. The number of rotatable bonds is 7. The highest BCUT2D eigenvalue weighted by atomic mass is 19.4. The Morgan fingerprint density at radius 1 is 1.56 bits per heavy atom. The Morgan fingerprint density at radius 2 is 2.28 bits per heavy atom. The van der Waals surface area contributed by atoms with Gasteiger partial charge in [0.05, 0.1) is 12.3 Å². The lowest BCUT2D eigenvalue weighted by Gasteiger charge is -2.10. The van der Waals surface area contributed by atoms with Gasteiger partial charge in [0.2, 0.25) is 5.95 Å². The van der Waals surface area contributed by atoms with Gasteiger partial charge in [-0.1, -0.05) is 6.08 Å². The molecule has 0 aliphatic rings. The molecule has 1 aromatic rings. The number of hydrogen-bond acceptors (Lipinski definition) is 3. The molecule has 0 atom stereocenters. The first-order valence-electron chi connectivity index (χ1n) is 5.45. The minimum Gasteiger partial charge on any atom is -0.370 e. The molecule has 0 aromatic carbocycles. The molecule has 0 saturated carbocycles. The summed E-state index contributed by atoms with van der Waals surface area (Å²) in [6, 6.07) is 0.